The molecule has 1 heterocycles. The first kappa shape index (κ1) is 18.4. The van der Waals surface area contributed by atoms with Gasteiger partial charge in [-0.1, -0.05) is 48.5 Å². The van der Waals surface area contributed by atoms with E-state index < -0.39 is 11.8 Å². The Hall–Kier alpha value is -3.93. The van der Waals surface area contributed by atoms with Crippen molar-refractivity contribution in [2.45, 2.75) is 6.61 Å². The number of nitrogens with zero attached hydrogens (tertiary/aromatic N) is 1. The highest BCUT2D eigenvalue weighted by Crippen LogP contribution is 2.23. The Labute approximate surface area is 167 Å². The fraction of sp³-hybridized carbons (Fsp3) is 0.0435. The molecular weight excluding hydrogens is 371 g/mol. The van der Waals surface area contributed by atoms with Gasteiger partial charge in [-0.3, -0.25) is 15.0 Å². The predicted molar refractivity (Wildman–Crippen MR) is 107 cm³/mol. The van der Waals surface area contributed by atoms with Crippen molar-refractivity contribution in [2.24, 2.45) is 0 Å². The first-order valence-corrected chi connectivity index (χ1v) is 9.00. The van der Waals surface area contributed by atoms with E-state index in [0.29, 0.717) is 22.6 Å². The third-order valence-corrected chi connectivity index (χ3v) is 4.43. The van der Waals surface area contributed by atoms with E-state index in [1.807, 2.05) is 6.07 Å². The van der Waals surface area contributed by atoms with Gasteiger partial charge in [0.25, 0.3) is 11.8 Å². The van der Waals surface area contributed by atoms with Crippen LogP contribution < -0.4 is 15.2 Å². The van der Waals surface area contributed by atoms with Crippen molar-refractivity contribution in [1.29, 1.82) is 0 Å². The van der Waals surface area contributed by atoms with Crippen LogP contribution in [0.5, 0.6) is 5.75 Å². The number of amides is 2. The number of carbonyl (C=O) groups excluding carboxylic acids is 2. The van der Waals surface area contributed by atoms with Crippen LogP contribution in [-0.4, -0.2) is 11.8 Å². The highest BCUT2D eigenvalue weighted by molar-refractivity contribution is 6.31. The van der Waals surface area contributed by atoms with Crippen LogP contribution in [0.4, 0.5) is 10.1 Å². The molecule has 3 aromatic carbocycles. The second-order valence-electron chi connectivity index (χ2n) is 6.43. The fourth-order valence-corrected chi connectivity index (χ4v) is 2.95. The monoisotopic (exact) mass is 388 g/mol. The minimum absolute atomic E-state index is 0.0279. The fourth-order valence-electron chi connectivity index (χ4n) is 2.95. The number of rotatable bonds is 5. The Morgan fingerprint density at radius 3 is 2.48 bits per heavy atom. The van der Waals surface area contributed by atoms with E-state index in [4.69, 9.17) is 4.74 Å². The third-order valence-electron chi connectivity index (χ3n) is 4.43. The SMILES string of the molecule is O=C1NN(c2ccccc2)C(=O)/C1=C/c1cccc(OCc2ccccc2F)c1. The lowest BCUT2D eigenvalue weighted by molar-refractivity contribution is -0.117. The zero-order valence-corrected chi connectivity index (χ0v) is 15.3. The lowest BCUT2D eigenvalue weighted by atomic mass is 10.1. The Kier molecular flexibility index (Phi) is 5.07. The number of anilines is 1. The minimum atomic E-state index is -0.475. The van der Waals surface area contributed by atoms with Gasteiger partial charge in [-0.15, -0.1) is 0 Å². The van der Waals surface area contributed by atoms with Gasteiger partial charge in [-0.05, 0) is 42.0 Å². The molecule has 0 unspecified atom stereocenters. The molecule has 1 saturated heterocycles. The molecule has 1 aliphatic rings. The molecule has 0 aliphatic carbocycles. The number of hydrogen-bond acceptors (Lipinski definition) is 3. The van der Waals surface area contributed by atoms with Crippen molar-refractivity contribution in [3.8, 4) is 5.75 Å². The lowest BCUT2D eigenvalue weighted by Crippen LogP contribution is -2.35. The normalized spacial score (nSPS) is 14.9. The van der Waals surface area contributed by atoms with Gasteiger partial charge >= 0.3 is 0 Å². The molecular formula is C23H17FN2O3. The Morgan fingerprint density at radius 2 is 1.69 bits per heavy atom. The van der Waals surface area contributed by atoms with Crippen LogP contribution in [0.2, 0.25) is 0 Å². The van der Waals surface area contributed by atoms with E-state index in [1.165, 1.54) is 17.2 Å². The number of ether oxygens (including phenoxy) is 1. The molecule has 0 atom stereocenters. The molecule has 0 aromatic heterocycles. The Bertz CT molecular complexity index is 1100. The summed E-state index contributed by atoms with van der Waals surface area (Å²) < 4.78 is 19.4. The van der Waals surface area contributed by atoms with Crippen molar-refractivity contribution >= 4 is 23.6 Å². The van der Waals surface area contributed by atoms with Crippen molar-refractivity contribution < 1.29 is 18.7 Å². The first-order chi connectivity index (χ1) is 14.1. The maximum atomic E-state index is 13.7. The molecule has 144 valence electrons. The van der Waals surface area contributed by atoms with Crippen LogP contribution >= 0.6 is 0 Å². The van der Waals surface area contributed by atoms with Gasteiger partial charge in [0, 0.05) is 5.56 Å². The predicted octanol–water partition coefficient (Wildman–Crippen LogP) is 3.87. The number of nitrogens with one attached hydrogen (secondary N) is 1. The van der Waals surface area contributed by atoms with Crippen LogP contribution in [0.15, 0.2) is 84.4 Å². The average molecular weight is 388 g/mol. The molecule has 4 rings (SSSR count). The molecule has 0 saturated carbocycles. The second kappa shape index (κ2) is 7.98. The molecule has 5 nitrogen and oxygen atoms in total. The Balaban J connectivity index is 1.52. The summed E-state index contributed by atoms with van der Waals surface area (Å²) in [7, 11) is 0. The maximum absolute atomic E-state index is 13.7. The topological polar surface area (TPSA) is 58.6 Å². The van der Waals surface area contributed by atoms with Crippen molar-refractivity contribution in [3.05, 3.63) is 101 Å². The molecule has 0 bridgehead atoms. The molecule has 0 radical (unpaired) electrons. The summed E-state index contributed by atoms with van der Waals surface area (Å²) >= 11 is 0. The van der Waals surface area contributed by atoms with Crippen LogP contribution in [0.1, 0.15) is 11.1 Å². The van der Waals surface area contributed by atoms with Gasteiger partial charge in [-0.25, -0.2) is 9.40 Å². The highest BCUT2D eigenvalue weighted by Gasteiger charge is 2.34. The van der Waals surface area contributed by atoms with Gasteiger partial charge in [-0.2, -0.15) is 0 Å². The largest absolute Gasteiger partial charge is 0.489 e. The standard InChI is InChI=1S/C23H17FN2O3/c24-21-12-5-4-8-17(21)15-29-19-11-6-7-16(13-19)14-20-22(27)25-26(23(20)28)18-9-2-1-3-10-18/h1-14H,15H2,(H,25,27)/b20-14+. The number of carbonyl (C=O) groups is 2. The lowest BCUT2D eigenvalue weighted by Gasteiger charge is -2.13. The number of benzene rings is 3. The van der Waals surface area contributed by atoms with E-state index in [-0.39, 0.29) is 18.0 Å². The van der Waals surface area contributed by atoms with E-state index in [1.54, 1.807) is 66.7 Å². The molecule has 1 aliphatic heterocycles. The van der Waals surface area contributed by atoms with Crippen molar-refractivity contribution in [1.82, 2.24) is 5.43 Å². The molecule has 1 fully saturated rings. The van der Waals surface area contributed by atoms with Crippen LogP contribution in [0.3, 0.4) is 0 Å². The third kappa shape index (κ3) is 4.01. The summed E-state index contributed by atoms with van der Waals surface area (Å²) in [6.45, 7) is 0.0773. The zero-order valence-electron chi connectivity index (χ0n) is 15.3. The van der Waals surface area contributed by atoms with E-state index in [9.17, 15) is 14.0 Å². The summed E-state index contributed by atoms with van der Waals surface area (Å²) in [6, 6.07) is 22.2. The minimum Gasteiger partial charge on any atom is -0.489 e. The quantitative estimate of drug-likeness (QED) is 0.533. The average Bonchev–Trinajstić information content (AvgIpc) is 3.02. The van der Waals surface area contributed by atoms with E-state index in [2.05, 4.69) is 5.43 Å². The van der Waals surface area contributed by atoms with Gasteiger partial charge in [0.1, 0.15) is 23.7 Å². The summed E-state index contributed by atoms with van der Waals surface area (Å²) in [5.74, 6) is -0.733. The molecule has 1 N–H and O–H groups in total. The molecule has 29 heavy (non-hydrogen) atoms. The smallest absolute Gasteiger partial charge is 0.282 e. The Morgan fingerprint density at radius 1 is 0.931 bits per heavy atom. The van der Waals surface area contributed by atoms with Gasteiger partial charge in [0.15, 0.2) is 0 Å². The number of hydrogen-bond donors (Lipinski definition) is 1. The maximum Gasteiger partial charge on any atom is 0.282 e. The van der Waals surface area contributed by atoms with E-state index in [0.717, 1.165) is 0 Å². The van der Waals surface area contributed by atoms with Gasteiger partial charge < -0.3 is 4.74 Å². The van der Waals surface area contributed by atoms with Crippen LogP contribution in [-0.2, 0) is 16.2 Å². The highest BCUT2D eigenvalue weighted by atomic mass is 19.1. The summed E-state index contributed by atoms with van der Waals surface area (Å²) in [5, 5.41) is 1.21. The number of para-hydroxylation sites is 1. The first-order valence-electron chi connectivity index (χ1n) is 9.00. The van der Waals surface area contributed by atoms with Gasteiger partial charge in [0.2, 0.25) is 0 Å². The van der Waals surface area contributed by atoms with Crippen molar-refractivity contribution in [3.63, 3.8) is 0 Å². The van der Waals surface area contributed by atoms with Crippen molar-refractivity contribution in [2.75, 3.05) is 5.01 Å². The summed E-state index contributed by atoms with van der Waals surface area (Å²) in [5.41, 5.74) is 4.24. The van der Waals surface area contributed by atoms with E-state index >= 15 is 0 Å². The zero-order chi connectivity index (χ0) is 20.2. The van der Waals surface area contributed by atoms with Gasteiger partial charge in [0.05, 0.1) is 5.69 Å². The van der Waals surface area contributed by atoms with Crippen LogP contribution in [0.25, 0.3) is 6.08 Å². The summed E-state index contributed by atoms with van der Waals surface area (Å²) in [4.78, 5) is 24.9. The number of halogens is 1. The van der Waals surface area contributed by atoms with Crippen LogP contribution in [0, 0.1) is 5.82 Å². The molecule has 6 heteroatoms. The second-order valence-corrected chi connectivity index (χ2v) is 6.43. The summed E-state index contributed by atoms with van der Waals surface area (Å²) in [6.07, 6.45) is 1.51. The number of hydrazine groups is 1. The molecule has 0 spiro atoms. The molecule has 2 amide bonds. The molecule has 3 aromatic rings.